The number of benzene rings is 2. The zero-order chi connectivity index (χ0) is 42.6. The first-order chi connectivity index (χ1) is 26.8. The van der Waals surface area contributed by atoms with Crippen molar-refractivity contribution in [3.05, 3.63) is 71.8 Å². The van der Waals surface area contributed by atoms with Crippen LogP contribution >= 0.6 is 0 Å². The summed E-state index contributed by atoms with van der Waals surface area (Å²) in [7, 11) is 1.16. The molecule has 0 saturated carbocycles. The van der Waals surface area contributed by atoms with Crippen molar-refractivity contribution in [2.24, 2.45) is 0 Å². The molecular weight excluding hydrogens is 740 g/mol. The Morgan fingerprint density at radius 3 is 1.79 bits per heavy atom. The van der Waals surface area contributed by atoms with Crippen LogP contribution in [0, 0.1) is 0 Å². The van der Waals surface area contributed by atoms with Crippen molar-refractivity contribution in [1.82, 2.24) is 31.9 Å². The molecule has 0 aromatic heterocycles. The molecule has 0 aliphatic carbocycles. The molecular formula is C40H58N6O11. The Bertz CT molecular complexity index is 1630. The van der Waals surface area contributed by atoms with E-state index in [0.29, 0.717) is 0 Å². The number of carbonyl (C=O) groups excluding carboxylic acids is 7. The van der Waals surface area contributed by atoms with Crippen molar-refractivity contribution < 1.29 is 52.5 Å². The van der Waals surface area contributed by atoms with Gasteiger partial charge in [-0.25, -0.2) is 9.59 Å². The standard InChI is InChI=1S/C40H58N6O11/c1-26(33(48)44-29(34(49)42-23-32(47)54-8)20-15-21-41-37(52)57-40(5,6)7)43-36(51)31(25-56-39(2,3)4)45-35(50)30(22-27-16-11-9-12-17-27)46-38(53)55-24-28-18-13-10-14-19-28/h9-14,16-19,26,29-31H,15,20-25H2,1-8H3,(H,41,52)(H,42,49)(H,43,51)(H,44,48)(H,45,50)(H,46,53)/t26-,29-,30-,31-/m0/s1. The minimum Gasteiger partial charge on any atom is -0.468 e. The Kier molecular flexibility index (Phi) is 19.5. The lowest BCUT2D eigenvalue weighted by Crippen LogP contribution is -2.59. The van der Waals surface area contributed by atoms with Crippen molar-refractivity contribution in [2.75, 3.05) is 26.8 Å². The summed E-state index contributed by atoms with van der Waals surface area (Å²) in [5.74, 6) is -3.67. The number of rotatable bonds is 20. The quantitative estimate of drug-likeness (QED) is 0.0648. The van der Waals surface area contributed by atoms with Gasteiger partial charge in [0.15, 0.2) is 0 Å². The Labute approximate surface area is 334 Å². The maximum absolute atomic E-state index is 13.8. The highest BCUT2D eigenvalue weighted by atomic mass is 16.6. The normalized spacial score (nSPS) is 13.3. The summed E-state index contributed by atoms with van der Waals surface area (Å²) in [5, 5.41) is 15.4. The SMILES string of the molecule is COC(=O)CNC(=O)[C@H](CCCNC(=O)OC(C)(C)C)NC(=O)[C@H](C)NC(=O)[C@H](COC(C)(C)C)NC(=O)[C@H](Cc1ccccc1)NC(=O)OCc1ccccc1. The molecule has 0 aliphatic rings. The molecule has 2 aromatic carbocycles. The summed E-state index contributed by atoms with van der Waals surface area (Å²) < 4.78 is 21.0. The monoisotopic (exact) mass is 798 g/mol. The minimum absolute atomic E-state index is 0.0342. The molecule has 6 N–H and O–H groups in total. The molecule has 4 atom stereocenters. The summed E-state index contributed by atoms with van der Waals surface area (Å²) in [6.45, 7) is 11.1. The maximum Gasteiger partial charge on any atom is 0.408 e. The van der Waals surface area contributed by atoms with Gasteiger partial charge in [0.1, 0.15) is 42.9 Å². The Hall–Kier alpha value is -5.71. The van der Waals surface area contributed by atoms with Gasteiger partial charge in [-0.3, -0.25) is 24.0 Å². The van der Waals surface area contributed by atoms with Crippen LogP contribution in [0.3, 0.4) is 0 Å². The lowest BCUT2D eigenvalue weighted by Gasteiger charge is -2.27. The van der Waals surface area contributed by atoms with Crippen LogP contribution in [0.5, 0.6) is 0 Å². The van der Waals surface area contributed by atoms with E-state index < -0.39 is 83.7 Å². The highest BCUT2D eigenvalue weighted by Gasteiger charge is 2.31. The van der Waals surface area contributed by atoms with Gasteiger partial charge in [0.05, 0.1) is 19.3 Å². The number of nitrogens with one attached hydrogen (secondary N) is 6. The van der Waals surface area contributed by atoms with E-state index in [4.69, 9.17) is 14.2 Å². The average molecular weight is 799 g/mol. The van der Waals surface area contributed by atoms with E-state index in [0.717, 1.165) is 18.2 Å². The molecule has 0 aliphatic heterocycles. The van der Waals surface area contributed by atoms with Gasteiger partial charge in [0.25, 0.3) is 0 Å². The zero-order valence-corrected chi connectivity index (χ0v) is 34.0. The van der Waals surface area contributed by atoms with Crippen LogP contribution in [-0.2, 0) is 55.9 Å². The first kappa shape index (κ1) is 47.4. The van der Waals surface area contributed by atoms with Crippen LogP contribution in [0.4, 0.5) is 9.59 Å². The van der Waals surface area contributed by atoms with E-state index >= 15 is 0 Å². The largest absolute Gasteiger partial charge is 0.468 e. The maximum atomic E-state index is 13.8. The first-order valence-electron chi connectivity index (χ1n) is 18.6. The van der Waals surface area contributed by atoms with Crippen LogP contribution in [0.25, 0.3) is 0 Å². The molecule has 0 radical (unpaired) electrons. The molecule has 0 heterocycles. The molecule has 0 saturated heterocycles. The van der Waals surface area contributed by atoms with Gasteiger partial charge in [0.2, 0.25) is 23.6 Å². The molecule has 6 amide bonds. The van der Waals surface area contributed by atoms with E-state index in [-0.39, 0.29) is 39.0 Å². The van der Waals surface area contributed by atoms with Gasteiger partial charge in [-0.2, -0.15) is 0 Å². The Morgan fingerprint density at radius 1 is 0.632 bits per heavy atom. The van der Waals surface area contributed by atoms with Crippen molar-refractivity contribution in [3.63, 3.8) is 0 Å². The van der Waals surface area contributed by atoms with Crippen LogP contribution in [0.1, 0.15) is 72.4 Å². The van der Waals surface area contributed by atoms with Crippen LogP contribution in [0.15, 0.2) is 60.7 Å². The van der Waals surface area contributed by atoms with Gasteiger partial charge in [-0.15, -0.1) is 0 Å². The Morgan fingerprint density at radius 2 is 1.21 bits per heavy atom. The number of hydrogen-bond donors (Lipinski definition) is 6. The molecule has 2 rings (SSSR count). The molecule has 57 heavy (non-hydrogen) atoms. The summed E-state index contributed by atoms with van der Waals surface area (Å²) in [4.78, 5) is 90.5. The summed E-state index contributed by atoms with van der Waals surface area (Å²) in [5.41, 5.74) is 0.0315. The van der Waals surface area contributed by atoms with Crippen LogP contribution in [-0.4, -0.2) is 104 Å². The highest BCUT2D eigenvalue weighted by molar-refractivity contribution is 5.95. The van der Waals surface area contributed by atoms with Crippen molar-refractivity contribution in [1.29, 1.82) is 0 Å². The summed E-state index contributed by atoms with van der Waals surface area (Å²) >= 11 is 0. The van der Waals surface area contributed by atoms with E-state index in [1.807, 2.05) is 12.1 Å². The van der Waals surface area contributed by atoms with Gasteiger partial charge < -0.3 is 50.8 Å². The van der Waals surface area contributed by atoms with Gasteiger partial charge in [0, 0.05) is 13.0 Å². The highest BCUT2D eigenvalue weighted by Crippen LogP contribution is 2.10. The van der Waals surface area contributed by atoms with Crippen LogP contribution in [0.2, 0.25) is 0 Å². The third-order valence-electron chi connectivity index (χ3n) is 7.78. The van der Waals surface area contributed by atoms with Crippen molar-refractivity contribution in [3.8, 4) is 0 Å². The molecule has 17 nitrogen and oxygen atoms in total. The molecule has 0 spiro atoms. The fourth-order valence-electron chi connectivity index (χ4n) is 4.87. The number of ether oxygens (including phenoxy) is 4. The topological polar surface area (TPSA) is 229 Å². The number of esters is 1. The molecule has 0 unspecified atom stereocenters. The van der Waals surface area contributed by atoms with E-state index in [1.54, 1.807) is 90.1 Å². The number of carbonyl (C=O) groups is 7. The number of amides is 6. The van der Waals surface area contributed by atoms with E-state index in [1.165, 1.54) is 6.92 Å². The van der Waals surface area contributed by atoms with E-state index in [2.05, 4.69) is 36.6 Å². The minimum atomic E-state index is -1.33. The molecule has 0 fully saturated rings. The molecule has 17 heteroatoms. The smallest absolute Gasteiger partial charge is 0.408 e. The number of alkyl carbamates (subject to hydrolysis) is 2. The van der Waals surface area contributed by atoms with E-state index in [9.17, 15) is 33.6 Å². The zero-order valence-electron chi connectivity index (χ0n) is 34.0. The first-order valence-corrected chi connectivity index (χ1v) is 18.6. The van der Waals surface area contributed by atoms with Crippen molar-refractivity contribution >= 4 is 41.8 Å². The lowest BCUT2D eigenvalue weighted by molar-refractivity contribution is -0.141. The third kappa shape index (κ3) is 20.1. The van der Waals surface area contributed by atoms with Gasteiger partial charge in [-0.05, 0) is 72.4 Å². The summed E-state index contributed by atoms with van der Waals surface area (Å²) in [6, 6.07) is 13.0. The second-order valence-electron chi connectivity index (χ2n) is 15.1. The summed E-state index contributed by atoms with van der Waals surface area (Å²) in [6.07, 6.45) is -1.17. The Balaban J connectivity index is 2.18. The van der Waals surface area contributed by atoms with Gasteiger partial charge in [-0.1, -0.05) is 60.7 Å². The lowest BCUT2D eigenvalue weighted by atomic mass is 10.0. The van der Waals surface area contributed by atoms with Crippen LogP contribution < -0.4 is 31.9 Å². The predicted octanol–water partition coefficient (Wildman–Crippen LogP) is 2.41. The van der Waals surface area contributed by atoms with Gasteiger partial charge >= 0.3 is 18.2 Å². The fraction of sp³-hybridized carbons (Fsp3) is 0.525. The molecule has 0 bridgehead atoms. The fourth-order valence-corrected chi connectivity index (χ4v) is 4.87. The molecule has 2 aromatic rings. The second kappa shape index (κ2) is 23.4. The average Bonchev–Trinajstić information content (AvgIpc) is 3.14. The second-order valence-corrected chi connectivity index (χ2v) is 15.1. The number of methoxy groups -OCH3 is 1. The third-order valence-corrected chi connectivity index (χ3v) is 7.78. The predicted molar refractivity (Wildman–Crippen MR) is 209 cm³/mol. The molecule has 314 valence electrons. The number of hydrogen-bond acceptors (Lipinski definition) is 11. The van der Waals surface area contributed by atoms with Crippen molar-refractivity contribution in [2.45, 2.75) is 110 Å².